The van der Waals surface area contributed by atoms with Gasteiger partial charge in [-0.3, -0.25) is 19.2 Å². The van der Waals surface area contributed by atoms with E-state index in [0.29, 0.717) is 5.56 Å². The number of aromatic amines is 1. The molecular weight excluding hydrogens is 480 g/mol. The van der Waals surface area contributed by atoms with Gasteiger partial charge in [0.25, 0.3) is 0 Å². The van der Waals surface area contributed by atoms with Crippen LogP contribution in [-0.4, -0.2) is 81.3 Å². The fraction of sp³-hybridized carbons (Fsp3) is 0.381. The molecule has 190 valence electrons. The van der Waals surface area contributed by atoms with E-state index < -0.39 is 66.8 Å². The summed E-state index contributed by atoms with van der Waals surface area (Å²) in [4.78, 5) is 63.8. The van der Waals surface area contributed by atoms with E-state index in [2.05, 4.69) is 33.6 Å². The maximum absolute atomic E-state index is 13.1. The van der Waals surface area contributed by atoms with Crippen LogP contribution in [0.5, 0.6) is 0 Å². The lowest BCUT2D eigenvalue weighted by Gasteiger charge is -2.24. The van der Waals surface area contributed by atoms with E-state index in [9.17, 15) is 29.1 Å². The van der Waals surface area contributed by atoms with Crippen molar-refractivity contribution < 1.29 is 34.2 Å². The number of carbonyl (C=O) groups is 5. The lowest BCUT2D eigenvalue weighted by molar-refractivity contribution is -0.141. The number of para-hydroxylation sites is 1. The molecule has 14 heteroatoms. The molecule has 0 aliphatic rings. The topological polar surface area (TPSA) is 230 Å². The number of nitrogens with one attached hydrogen (secondary N) is 4. The quantitative estimate of drug-likeness (QED) is 0.130. The Morgan fingerprint density at radius 1 is 0.971 bits per heavy atom. The summed E-state index contributed by atoms with van der Waals surface area (Å²) in [6.45, 7) is -0.666. The van der Waals surface area contributed by atoms with E-state index in [1.54, 1.807) is 12.3 Å². The Hall–Kier alpha value is -3.62. The van der Waals surface area contributed by atoms with Crippen LogP contribution in [0.15, 0.2) is 30.5 Å². The molecule has 2 rings (SSSR count). The second-order valence-corrected chi connectivity index (χ2v) is 8.09. The Bertz CT molecular complexity index is 1090. The maximum atomic E-state index is 13.1. The minimum atomic E-state index is -1.52. The molecule has 0 aliphatic carbocycles. The van der Waals surface area contributed by atoms with Gasteiger partial charge in [0.15, 0.2) is 0 Å². The third-order valence-electron chi connectivity index (χ3n) is 5.10. The van der Waals surface area contributed by atoms with Gasteiger partial charge >= 0.3 is 5.97 Å². The van der Waals surface area contributed by atoms with Gasteiger partial charge in [0, 0.05) is 29.3 Å². The zero-order valence-corrected chi connectivity index (χ0v) is 19.5. The molecule has 0 bridgehead atoms. The first-order valence-electron chi connectivity index (χ1n) is 10.5. The van der Waals surface area contributed by atoms with Gasteiger partial charge < -0.3 is 42.6 Å². The van der Waals surface area contributed by atoms with Gasteiger partial charge in [-0.05, 0) is 11.6 Å². The number of benzene rings is 1. The smallest absolute Gasteiger partial charge is 0.327 e. The summed E-state index contributed by atoms with van der Waals surface area (Å²) >= 11 is 3.86. The molecule has 0 fully saturated rings. The number of carboxylic acid groups (broad SMARTS) is 1. The lowest BCUT2D eigenvalue weighted by Crippen LogP contribution is -2.58. The van der Waals surface area contributed by atoms with Crippen LogP contribution in [0.25, 0.3) is 10.9 Å². The third-order valence-corrected chi connectivity index (χ3v) is 5.47. The number of carbonyl (C=O) groups excluding carboxylic acids is 4. The van der Waals surface area contributed by atoms with Crippen LogP contribution in [0.1, 0.15) is 12.0 Å². The fourth-order valence-corrected chi connectivity index (χ4v) is 3.48. The van der Waals surface area contributed by atoms with Crippen LogP contribution in [0.3, 0.4) is 0 Å². The van der Waals surface area contributed by atoms with Gasteiger partial charge in [-0.1, -0.05) is 18.2 Å². The summed E-state index contributed by atoms with van der Waals surface area (Å²) < 4.78 is 0. The van der Waals surface area contributed by atoms with Crippen LogP contribution in [0.2, 0.25) is 0 Å². The Morgan fingerprint density at radius 2 is 1.57 bits per heavy atom. The minimum absolute atomic E-state index is 0.0287. The standard InChI is InChI=1S/C21H28N6O7S/c22-12(8-28)18(30)25-14(5-10-7-24-13-4-2-1-3-11(10)13)19(31)26-15(6-17(23)29)20(32)27-16(9-35)21(33)34/h1-4,7,12,14-16,24,28,35H,5-6,8-9,22H2,(H2,23,29)(H,25,30)(H,26,31)(H,27,32)(H,33,34). The number of thiol groups is 1. The number of nitrogens with two attached hydrogens (primary N) is 2. The van der Waals surface area contributed by atoms with Crippen molar-refractivity contribution in [3.63, 3.8) is 0 Å². The first-order chi connectivity index (χ1) is 16.6. The molecule has 4 amide bonds. The van der Waals surface area contributed by atoms with Gasteiger partial charge in [-0.2, -0.15) is 12.6 Å². The maximum Gasteiger partial charge on any atom is 0.327 e. The number of carboxylic acids is 1. The highest BCUT2D eigenvalue weighted by Gasteiger charge is 2.31. The first kappa shape index (κ1) is 27.6. The highest BCUT2D eigenvalue weighted by molar-refractivity contribution is 7.80. The fourth-order valence-electron chi connectivity index (χ4n) is 3.23. The largest absolute Gasteiger partial charge is 0.480 e. The Kier molecular flexibility index (Phi) is 10.1. The van der Waals surface area contributed by atoms with Crippen molar-refractivity contribution in [1.82, 2.24) is 20.9 Å². The number of hydrogen-bond acceptors (Lipinski definition) is 8. The van der Waals surface area contributed by atoms with Crippen molar-refractivity contribution in [2.45, 2.75) is 37.0 Å². The second-order valence-electron chi connectivity index (χ2n) is 7.73. The number of rotatable bonds is 13. The van der Waals surface area contributed by atoms with E-state index in [1.165, 1.54) is 0 Å². The summed E-state index contributed by atoms with van der Waals surface area (Å²) in [5.41, 5.74) is 12.2. The van der Waals surface area contributed by atoms with E-state index in [-0.39, 0.29) is 12.2 Å². The summed E-state index contributed by atoms with van der Waals surface area (Å²) in [5, 5.41) is 26.0. The molecule has 1 heterocycles. The number of amides is 4. The third kappa shape index (κ3) is 7.70. The van der Waals surface area contributed by atoms with E-state index >= 15 is 0 Å². The summed E-state index contributed by atoms with van der Waals surface area (Å²) in [6, 6.07) is 1.79. The molecule has 2 aromatic rings. The van der Waals surface area contributed by atoms with Crippen LogP contribution in [0, 0.1) is 0 Å². The number of aromatic nitrogens is 1. The second kappa shape index (κ2) is 12.7. The molecule has 0 spiro atoms. The Morgan fingerprint density at radius 3 is 2.17 bits per heavy atom. The molecule has 13 nitrogen and oxygen atoms in total. The molecule has 4 atom stereocenters. The monoisotopic (exact) mass is 508 g/mol. The predicted molar refractivity (Wildman–Crippen MR) is 128 cm³/mol. The highest BCUT2D eigenvalue weighted by atomic mass is 32.1. The summed E-state index contributed by atoms with van der Waals surface area (Å²) in [7, 11) is 0. The molecule has 35 heavy (non-hydrogen) atoms. The Balaban J connectivity index is 2.29. The molecule has 0 saturated carbocycles. The van der Waals surface area contributed by atoms with Gasteiger partial charge in [-0.15, -0.1) is 0 Å². The van der Waals surface area contributed by atoms with Gasteiger partial charge in [0.05, 0.1) is 13.0 Å². The van der Waals surface area contributed by atoms with Crippen molar-refractivity contribution in [2.24, 2.45) is 11.5 Å². The average Bonchev–Trinajstić information content (AvgIpc) is 3.23. The normalized spacial score (nSPS) is 14.4. The number of aliphatic hydroxyl groups is 1. The summed E-state index contributed by atoms with van der Waals surface area (Å²) in [5.74, 6) is -5.17. The zero-order chi connectivity index (χ0) is 26.1. The molecule has 0 aliphatic heterocycles. The SMILES string of the molecule is NC(=O)CC(NC(=O)C(Cc1c[nH]c2ccccc12)NC(=O)C(N)CO)C(=O)NC(CS)C(=O)O. The highest BCUT2D eigenvalue weighted by Crippen LogP contribution is 2.19. The van der Waals surface area contributed by atoms with Crippen molar-refractivity contribution >= 4 is 53.1 Å². The van der Waals surface area contributed by atoms with Crippen LogP contribution >= 0.6 is 12.6 Å². The Labute approximate surface area is 205 Å². The number of fused-ring (bicyclic) bond motifs is 1. The van der Waals surface area contributed by atoms with Crippen molar-refractivity contribution in [2.75, 3.05) is 12.4 Å². The van der Waals surface area contributed by atoms with E-state index in [1.807, 2.05) is 18.2 Å². The van der Waals surface area contributed by atoms with E-state index in [0.717, 1.165) is 10.9 Å². The van der Waals surface area contributed by atoms with Gasteiger partial charge in [-0.25, -0.2) is 4.79 Å². The molecule has 4 unspecified atom stereocenters. The molecule has 1 aromatic heterocycles. The molecule has 0 saturated heterocycles. The molecule has 0 radical (unpaired) electrons. The van der Waals surface area contributed by atoms with Crippen molar-refractivity contribution in [1.29, 1.82) is 0 Å². The molecule has 10 N–H and O–H groups in total. The van der Waals surface area contributed by atoms with Crippen molar-refractivity contribution in [3.8, 4) is 0 Å². The van der Waals surface area contributed by atoms with Gasteiger partial charge in [0.1, 0.15) is 24.2 Å². The van der Waals surface area contributed by atoms with Crippen LogP contribution in [-0.2, 0) is 30.4 Å². The molecular formula is C21H28N6O7S. The lowest BCUT2D eigenvalue weighted by atomic mass is 10.0. The van der Waals surface area contributed by atoms with Crippen LogP contribution in [0.4, 0.5) is 0 Å². The number of aliphatic hydroxyl groups excluding tert-OH is 1. The summed E-state index contributed by atoms with van der Waals surface area (Å²) in [6.07, 6.45) is 1.00. The number of primary amides is 1. The molecule has 1 aromatic carbocycles. The number of aliphatic carboxylic acids is 1. The number of hydrogen-bond donors (Lipinski definition) is 9. The minimum Gasteiger partial charge on any atom is -0.480 e. The van der Waals surface area contributed by atoms with Crippen molar-refractivity contribution in [3.05, 3.63) is 36.0 Å². The number of H-pyrrole nitrogens is 1. The van der Waals surface area contributed by atoms with E-state index in [4.69, 9.17) is 16.6 Å². The van der Waals surface area contributed by atoms with Crippen LogP contribution < -0.4 is 27.4 Å². The predicted octanol–water partition coefficient (Wildman–Crippen LogP) is -2.63. The first-order valence-corrected chi connectivity index (χ1v) is 11.1. The average molecular weight is 509 g/mol. The van der Waals surface area contributed by atoms with Gasteiger partial charge in [0.2, 0.25) is 23.6 Å². The zero-order valence-electron chi connectivity index (χ0n) is 18.6.